The van der Waals surface area contributed by atoms with E-state index in [0.717, 1.165) is 35.3 Å². The lowest BCUT2D eigenvalue weighted by Crippen LogP contribution is -2.27. The van der Waals surface area contributed by atoms with E-state index < -0.39 is 5.91 Å². The molecule has 0 saturated heterocycles. The number of amides is 2. The minimum Gasteiger partial charge on any atom is -0.365 e. The van der Waals surface area contributed by atoms with Crippen molar-refractivity contribution in [3.8, 4) is 0 Å². The number of nitrogens with two attached hydrogens (primary N) is 1. The molecule has 0 aliphatic heterocycles. The van der Waals surface area contributed by atoms with Crippen molar-refractivity contribution in [1.29, 1.82) is 0 Å². The average molecular weight is 417 g/mol. The second-order valence-corrected chi connectivity index (χ2v) is 9.79. The van der Waals surface area contributed by atoms with Gasteiger partial charge in [-0.3, -0.25) is 9.59 Å². The second kappa shape index (κ2) is 8.10. The van der Waals surface area contributed by atoms with Gasteiger partial charge in [0.25, 0.3) is 5.91 Å². The first-order valence-electron chi connectivity index (χ1n) is 9.34. The number of hydrogen-bond donors (Lipinski definition) is 2. The van der Waals surface area contributed by atoms with Gasteiger partial charge in [0.15, 0.2) is 0 Å². The van der Waals surface area contributed by atoms with Crippen LogP contribution in [0.1, 0.15) is 53.6 Å². The third kappa shape index (κ3) is 4.65. The SMILES string of the molecule is CC(C)(C)C1CCc2c(sc(NC(=O)/C=C/c3ccc(Cl)cc3)c2C(N)=O)C1. The van der Waals surface area contributed by atoms with Crippen LogP contribution < -0.4 is 11.1 Å². The summed E-state index contributed by atoms with van der Waals surface area (Å²) in [5.41, 5.74) is 8.20. The number of primary amides is 1. The summed E-state index contributed by atoms with van der Waals surface area (Å²) in [7, 11) is 0. The Labute approximate surface area is 174 Å². The van der Waals surface area contributed by atoms with Gasteiger partial charge in [-0.1, -0.05) is 44.5 Å². The molecule has 0 bridgehead atoms. The van der Waals surface area contributed by atoms with Crippen molar-refractivity contribution >= 4 is 45.8 Å². The Hall–Kier alpha value is -2.11. The molecule has 1 heterocycles. The number of carbonyl (C=O) groups excluding carboxylic acids is 2. The maximum Gasteiger partial charge on any atom is 0.251 e. The number of fused-ring (bicyclic) bond motifs is 1. The smallest absolute Gasteiger partial charge is 0.251 e. The maximum atomic E-state index is 12.4. The van der Waals surface area contributed by atoms with Crippen molar-refractivity contribution in [2.75, 3.05) is 5.32 Å². The van der Waals surface area contributed by atoms with Crippen LogP contribution in [0.4, 0.5) is 5.00 Å². The Morgan fingerprint density at radius 3 is 2.54 bits per heavy atom. The highest BCUT2D eigenvalue weighted by atomic mass is 35.5. The van der Waals surface area contributed by atoms with Crippen LogP contribution in [-0.2, 0) is 17.6 Å². The van der Waals surface area contributed by atoms with Crippen LogP contribution in [0.5, 0.6) is 0 Å². The first-order chi connectivity index (χ1) is 13.1. The summed E-state index contributed by atoms with van der Waals surface area (Å²) in [5, 5.41) is 4.05. The van der Waals surface area contributed by atoms with Gasteiger partial charge in [-0.05, 0) is 59.9 Å². The molecule has 0 radical (unpaired) electrons. The van der Waals surface area contributed by atoms with Gasteiger partial charge >= 0.3 is 0 Å². The molecule has 0 saturated carbocycles. The van der Waals surface area contributed by atoms with Crippen molar-refractivity contribution in [2.24, 2.45) is 17.1 Å². The predicted molar refractivity (Wildman–Crippen MR) is 117 cm³/mol. The molecule has 6 heteroatoms. The minimum atomic E-state index is -0.483. The predicted octanol–water partition coefficient (Wildman–Crippen LogP) is 5.30. The monoisotopic (exact) mass is 416 g/mol. The second-order valence-electron chi connectivity index (χ2n) is 8.25. The van der Waals surface area contributed by atoms with E-state index in [2.05, 4.69) is 26.1 Å². The standard InChI is InChI=1S/C22H25ClN2O2S/c1-22(2,3)14-7-10-16-17(12-14)28-21(19(16)20(24)27)25-18(26)11-6-13-4-8-15(23)9-5-13/h4-6,8-9,11,14H,7,10,12H2,1-3H3,(H2,24,27)(H,25,26)/b11-6+. The zero-order valence-corrected chi connectivity index (χ0v) is 17.9. The number of nitrogens with one attached hydrogen (secondary N) is 1. The fourth-order valence-corrected chi connectivity index (χ4v) is 5.03. The molecule has 1 aliphatic carbocycles. The molecule has 0 fully saturated rings. The topological polar surface area (TPSA) is 72.2 Å². The Morgan fingerprint density at radius 1 is 1.25 bits per heavy atom. The van der Waals surface area contributed by atoms with Crippen molar-refractivity contribution in [3.63, 3.8) is 0 Å². The molecule has 4 nitrogen and oxygen atoms in total. The Bertz CT molecular complexity index is 923. The van der Waals surface area contributed by atoms with Gasteiger partial charge < -0.3 is 11.1 Å². The van der Waals surface area contributed by atoms with E-state index in [0.29, 0.717) is 21.5 Å². The number of carbonyl (C=O) groups is 2. The quantitative estimate of drug-likeness (QED) is 0.663. The fraction of sp³-hybridized carbons (Fsp3) is 0.364. The maximum absolute atomic E-state index is 12.4. The molecule has 1 atom stereocenters. The van der Waals surface area contributed by atoms with Gasteiger partial charge in [-0.2, -0.15) is 0 Å². The van der Waals surface area contributed by atoms with Crippen LogP contribution in [0.2, 0.25) is 5.02 Å². The molecule has 2 aromatic rings. The molecule has 1 unspecified atom stereocenters. The highest BCUT2D eigenvalue weighted by Crippen LogP contribution is 2.44. The van der Waals surface area contributed by atoms with Crippen LogP contribution in [0.25, 0.3) is 6.08 Å². The summed E-state index contributed by atoms with van der Waals surface area (Å²) in [5.74, 6) is -0.222. The molecule has 1 aromatic heterocycles. The summed E-state index contributed by atoms with van der Waals surface area (Å²) in [4.78, 5) is 25.6. The molecule has 1 aliphatic rings. The van der Waals surface area contributed by atoms with Gasteiger partial charge in [0.2, 0.25) is 5.91 Å². The number of anilines is 1. The molecular weight excluding hydrogens is 392 g/mol. The highest BCUT2D eigenvalue weighted by Gasteiger charge is 2.33. The van der Waals surface area contributed by atoms with Crippen molar-refractivity contribution < 1.29 is 9.59 Å². The van der Waals surface area contributed by atoms with Crippen molar-refractivity contribution in [3.05, 3.63) is 56.9 Å². The van der Waals surface area contributed by atoms with E-state index in [1.165, 1.54) is 17.4 Å². The van der Waals surface area contributed by atoms with E-state index in [1.807, 2.05) is 12.1 Å². The normalized spacial score (nSPS) is 16.8. The van der Waals surface area contributed by atoms with E-state index in [1.54, 1.807) is 18.2 Å². The third-order valence-electron chi connectivity index (χ3n) is 5.27. The number of hydrogen-bond acceptors (Lipinski definition) is 3. The first kappa shape index (κ1) is 20.6. The summed E-state index contributed by atoms with van der Waals surface area (Å²) >= 11 is 7.35. The number of rotatable bonds is 4. The number of benzene rings is 1. The lowest BCUT2D eigenvalue weighted by atomic mass is 9.72. The molecule has 148 valence electrons. The van der Waals surface area contributed by atoms with Crippen LogP contribution in [-0.4, -0.2) is 11.8 Å². The van der Waals surface area contributed by atoms with E-state index in [4.69, 9.17) is 17.3 Å². The Balaban J connectivity index is 1.80. The lowest BCUT2D eigenvalue weighted by molar-refractivity contribution is -0.111. The van der Waals surface area contributed by atoms with Gasteiger partial charge in [0, 0.05) is 16.0 Å². The van der Waals surface area contributed by atoms with Gasteiger partial charge in [0.1, 0.15) is 5.00 Å². The molecule has 2 amide bonds. The number of halogens is 1. The summed E-state index contributed by atoms with van der Waals surface area (Å²) in [6.45, 7) is 6.74. The highest BCUT2D eigenvalue weighted by molar-refractivity contribution is 7.17. The summed E-state index contributed by atoms with van der Waals surface area (Å²) in [6.07, 6.45) is 5.92. The zero-order chi connectivity index (χ0) is 20.5. The van der Waals surface area contributed by atoms with Crippen LogP contribution in [0, 0.1) is 11.3 Å². The first-order valence-corrected chi connectivity index (χ1v) is 10.5. The van der Waals surface area contributed by atoms with Crippen LogP contribution >= 0.6 is 22.9 Å². The Kier molecular flexibility index (Phi) is 5.96. The zero-order valence-electron chi connectivity index (χ0n) is 16.3. The van der Waals surface area contributed by atoms with Crippen molar-refractivity contribution in [1.82, 2.24) is 0 Å². The van der Waals surface area contributed by atoms with Crippen molar-refractivity contribution in [2.45, 2.75) is 40.0 Å². The summed E-state index contributed by atoms with van der Waals surface area (Å²) < 4.78 is 0. The fourth-order valence-electron chi connectivity index (χ4n) is 3.57. The van der Waals surface area contributed by atoms with Crippen LogP contribution in [0.3, 0.4) is 0 Å². The number of thiophene rings is 1. The third-order valence-corrected chi connectivity index (χ3v) is 6.69. The van der Waals surface area contributed by atoms with E-state index in [9.17, 15) is 9.59 Å². The van der Waals surface area contributed by atoms with Gasteiger partial charge in [-0.25, -0.2) is 0 Å². The molecule has 0 spiro atoms. The van der Waals surface area contributed by atoms with Crippen LogP contribution in [0.15, 0.2) is 30.3 Å². The lowest BCUT2D eigenvalue weighted by Gasteiger charge is -2.33. The summed E-state index contributed by atoms with van der Waals surface area (Å²) in [6, 6.07) is 7.20. The average Bonchev–Trinajstić information content (AvgIpc) is 2.97. The van der Waals surface area contributed by atoms with Gasteiger partial charge in [-0.15, -0.1) is 11.3 Å². The molecule has 3 rings (SSSR count). The molecule has 28 heavy (non-hydrogen) atoms. The minimum absolute atomic E-state index is 0.208. The van der Waals surface area contributed by atoms with E-state index >= 15 is 0 Å². The van der Waals surface area contributed by atoms with Gasteiger partial charge in [0.05, 0.1) is 5.56 Å². The molecule has 3 N–H and O–H groups in total. The Morgan fingerprint density at radius 2 is 1.93 bits per heavy atom. The van der Waals surface area contributed by atoms with E-state index in [-0.39, 0.29) is 11.3 Å². The largest absolute Gasteiger partial charge is 0.365 e. The molecular formula is C22H25ClN2O2S. The molecule has 1 aromatic carbocycles.